The maximum atomic E-state index is 11.7. The first-order valence-corrected chi connectivity index (χ1v) is 6.89. The van der Waals surface area contributed by atoms with Gasteiger partial charge in [-0.05, 0) is 11.6 Å². The molecule has 3 nitrogen and oxygen atoms in total. The number of carbonyl (C=O) groups excluding carboxylic acids is 2. The molecule has 0 aliphatic rings. The molecule has 0 atom stereocenters. The Morgan fingerprint density at radius 1 is 1.05 bits per heavy atom. The third kappa shape index (κ3) is 2.68. The highest BCUT2D eigenvalue weighted by molar-refractivity contribution is 7.21. The molecule has 0 aliphatic carbocycles. The Balaban J connectivity index is 0.00000161. The second-order valence-electron chi connectivity index (χ2n) is 4.41. The predicted molar refractivity (Wildman–Crippen MR) is 88.4 cm³/mol. The van der Waals surface area contributed by atoms with Gasteiger partial charge in [0.25, 0.3) is 5.91 Å². The van der Waals surface area contributed by atoms with E-state index in [4.69, 9.17) is 5.73 Å². The average Bonchev–Trinajstić information content (AvgIpc) is 2.87. The Kier molecular flexibility index (Phi) is 4.40. The summed E-state index contributed by atoms with van der Waals surface area (Å²) in [7, 11) is 0. The molecule has 0 fully saturated rings. The number of thiophene rings is 1. The molecule has 1 aromatic heterocycles. The van der Waals surface area contributed by atoms with Gasteiger partial charge in [0, 0.05) is 21.2 Å². The van der Waals surface area contributed by atoms with Gasteiger partial charge >= 0.3 is 0 Å². The van der Waals surface area contributed by atoms with Crippen molar-refractivity contribution in [3.05, 3.63) is 59.0 Å². The molecule has 0 saturated heterocycles. The van der Waals surface area contributed by atoms with Gasteiger partial charge in [0.15, 0.2) is 0 Å². The van der Waals surface area contributed by atoms with Crippen molar-refractivity contribution in [2.24, 2.45) is 5.73 Å². The van der Waals surface area contributed by atoms with Gasteiger partial charge < -0.3 is 5.73 Å². The fraction of sp³-hybridized carbons (Fsp3) is 0. The normalized spacial score (nSPS) is 10.1. The standard InChI is InChI=1S/C16H11NO2S.ClH/c17-16(19)15-14(11-7-5-10(9-18)6-8-11)12-3-1-2-4-13(12)20-15;/h1-9H,(H2,17,19);1H. The van der Waals surface area contributed by atoms with Crippen LogP contribution in [0.15, 0.2) is 48.5 Å². The molecule has 2 N–H and O–H groups in total. The molecule has 0 radical (unpaired) electrons. The van der Waals surface area contributed by atoms with E-state index in [-0.39, 0.29) is 12.4 Å². The van der Waals surface area contributed by atoms with Gasteiger partial charge in [0.1, 0.15) is 11.2 Å². The Morgan fingerprint density at radius 2 is 1.71 bits per heavy atom. The Labute approximate surface area is 131 Å². The Hall–Kier alpha value is -2.17. The quantitative estimate of drug-likeness (QED) is 0.745. The second-order valence-corrected chi connectivity index (χ2v) is 5.46. The number of nitrogens with two attached hydrogens (primary N) is 1. The van der Waals surface area contributed by atoms with Gasteiger partial charge in [-0.1, -0.05) is 42.5 Å². The van der Waals surface area contributed by atoms with Crippen LogP contribution in [0.25, 0.3) is 21.2 Å². The van der Waals surface area contributed by atoms with E-state index in [1.165, 1.54) is 11.3 Å². The number of rotatable bonds is 3. The summed E-state index contributed by atoms with van der Waals surface area (Å²) in [5.41, 5.74) is 7.83. The lowest BCUT2D eigenvalue weighted by Crippen LogP contribution is -2.09. The van der Waals surface area contributed by atoms with Crippen LogP contribution in [0.2, 0.25) is 0 Å². The summed E-state index contributed by atoms with van der Waals surface area (Å²) < 4.78 is 1.02. The summed E-state index contributed by atoms with van der Waals surface area (Å²) in [4.78, 5) is 22.9. The van der Waals surface area contributed by atoms with Crippen molar-refractivity contribution in [3.63, 3.8) is 0 Å². The van der Waals surface area contributed by atoms with Crippen molar-refractivity contribution in [2.45, 2.75) is 0 Å². The SMILES string of the molecule is Cl.NC(=O)c1sc2ccccc2c1-c1ccc(C=O)cc1. The number of amides is 1. The second kappa shape index (κ2) is 6.08. The fourth-order valence-electron chi connectivity index (χ4n) is 2.23. The maximum Gasteiger partial charge on any atom is 0.259 e. The minimum Gasteiger partial charge on any atom is -0.365 e. The monoisotopic (exact) mass is 317 g/mol. The first-order valence-electron chi connectivity index (χ1n) is 6.07. The van der Waals surface area contributed by atoms with Crippen molar-refractivity contribution in [1.29, 1.82) is 0 Å². The first kappa shape index (κ1) is 15.2. The van der Waals surface area contributed by atoms with Crippen LogP contribution in [0.1, 0.15) is 20.0 Å². The smallest absolute Gasteiger partial charge is 0.259 e. The van der Waals surface area contributed by atoms with Crippen molar-refractivity contribution < 1.29 is 9.59 Å². The topological polar surface area (TPSA) is 60.2 Å². The Bertz CT molecular complexity index is 809. The summed E-state index contributed by atoms with van der Waals surface area (Å²) in [6.45, 7) is 0. The number of hydrogen-bond donors (Lipinski definition) is 1. The molecule has 0 bridgehead atoms. The van der Waals surface area contributed by atoms with Gasteiger partial charge in [-0.3, -0.25) is 9.59 Å². The highest BCUT2D eigenvalue weighted by Crippen LogP contribution is 2.38. The molecule has 0 aliphatic heterocycles. The molecule has 1 amide bonds. The molecule has 21 heavy (non-hydrogen) atoms. The lowest BCUT2D eigenvalue weighted by atomic mass is 10.0. The van der Waals surface area contributed by atoms with Crippen LogP contribution in [0, 0.1) is 0 Å². The minimum atomic E-state index is -0.430. The predicted octanol–water partition coefficient (Wildman–Crippen LogP) is 3.90. The highest BCUT2D eigenvalue weighted by Gasteiger charge is 2.17. The lowest BCUT2D eigenvalue weighted by Gasteiger charge is -2.03. The molecular weight excluding hydrogens is 306 g/mol. The Morgan fingerprint density at radius 3 is 2.33 bits per heavy atom. The zero-order valence-corrected chi connectivity index (χ0v) is 12.5. The van der Waals surface area contributed by atoms with Gasteiger partial charge in [0.2, 0.25) is 0 Å². The fourth-order valence-corrected chi connectivity index (χ4v) is 3.31. The number of primary amides is 1. The van der Waals surface area contributed by atoms with Crippen LogP contribution in [0.5, 0.6) is 0 Å². The van der Waals surface area contributed by atoms with Crippen LogP contribution in [0.3, 0.4) is 0 Å². The van der Waals surface area contributed by atoms with Crippen molar-refractivity contribution >= 4 is 46.0 Å². The summed E-state index contributed by atoms with van der Waals surface area (Å²) in [5.74, 6) is -0.430. The van der Waals surface area contributed by atoms with Gasteiger partial charge in [0.05, 0.1) is 0 Å². The summed E-state index contributed by atoms with van der Waals surface area (Å²) >= 11 is 1.39. The van der Waals surface area contributed by atoms with Crippen molar-refractivity contribution in [3.8, 4) is 11.1 Å². The van der Waals surface area contributed by atoms with Gasteiger partial charge in [-0.2, -0.15) is 0 Å². The third-order valence-corrected chi connectivity index (χ3v) is 4.34. The lowest BCUT2D eigenvalue weighted by molar-refractivity contribution is 0.100. The maximum absolute atomic E-state index is 11.7. The molecule has 3 aromatic rings. The zero-order valence-electron chi connectivity index (χ0n) is 10.9. The first-order chi connectivity index (χ1) is 9.70. The van der Waals surface area contributed by atoms with E-state index in [1.807, 2.05) is 36.4 Å². The number of carbonyl (C=O) groups is 2. The molecule has 0 unspecified atom stereocenters. The summed E-state index contributed by atoms with van der Waals surface area (Å²) in [5, 5.41) is 1.00. The summed E-state index contributed by atoms with van der Waals surface area (Å²) in [6.07, 6.45) is 0.796. The van der Waals surface area contributed by atoms with Crippen molar-refractivity contribution in [1.82, 2.24) is 0 Å². The van der Waals surface area contributed by atoms with E-state index >= 15 is 0 Å². The number of benzene rings is 2. The van der Waals surface area contributed by atoms with Gasteiger partial charge in [-0.25, -0.2) is 0 Å². The number of fused-ring (bicyclic) bond motifs is 1. The molecule has 0 saturated carbocycles. The molecule has 5 heteroatoms. The minimum absolute atomic E-state index is 0. The van der Waals surface area contributed by atoms with E-state index < -0.39 is 5.91 Å². The molecule has 3 rings (SSSR count). The van der Waals surface area contributed by atoms with Crippen LogP contribution in [-0.2, 0) is 0 Å². The summed E-state index contributed by atoms with van der Waals surface area (Å²) in [6, 6.07) is 15.0. The number of halogens is 1. The number of hydrogen-bond acceptors (Lipinski definition) is 3. The largest absolute Gasteiger partial charge is 0.365 e. The van der Waals surface area contributed by atoms with E-state index in [9.17, 15) is 9.59 Å². The molecule has 0 spiro atoms. The van der Waals surface area contributed by atoms with Crippen LogP contribution >= 0.6 is 23.7 Å². The zero-order chi connectivity index (χ0) is 14.1. The van der Waals surface area contributed by atoms with E-state index in [1.54, 1.807) is 12.1 Å². The molecule has 1 heterocycles. The van der Waals surface area contributed by atoms with E-state index in [0.717, 1.165) is 27.5 Å². The van der Waals surface area contributed by atoms with Crippen LogP contribution in [0.4, 0.5) is 0 Å². The molecule has 106 valence electrons. The van der Waals surface area contributed by atoms with Gasteiger partial charge in [-0.15, -0.1) is 23.7 Å². The number of aldehydes is 1. The van der Waals surface area contributed by atoms with Crippen molar-refractivity contribution in [2.75, 3.05) is 0 Å². The van der Waals surface area contributed by atoms with Crippen LogP contribution in [-0.4, -0.2) is 12.2 Å². The molecule has 2 aromatic carbocycles. The third-order valence-electron chi connectivity index (χ3n) is 3.15. The van der Waals surface area contributed by atoms with E-state index in [2.05, 4.69) is 0 Å². The van der Waals surface area contributed by atoms with Crippen LogP contribution < -0.4 is 5.73 Å². The van der Waals surface area contributed by atoms with E-state index in [0.29, 0.717) is 10.4 Å². The molecular formula is C16H12ClNO2S. The highest BCUT2D eigenvalue weighted by atomic mass is 35.5. The average molecular weight is 318 g/mol.